The van der Waals surface area contributed by atoms with Gasteiger partial charge in [0, 0.05) is 32.6 Å². The fourth-order valence-corrected chi connectivity index (χ4v) is 3.04. The lowest BCUT2D eigenvalue weighted by molar-refractivity contribution is 0.0549. The molecule has 1 saturated heterocycles. The summed E-state index contributed by atoms with van der Waals surface area (Å²) in [6, 6.07) is 8.43. The lowest BCUT2D eigenvalue weighted by atomic mass is 9.90. The maximum atomic E-state index is 6.27. The van der Waals surface area contributed by atoms with Gasteiger partial charge in [-0.15, -0.1) is 0 Å². The molecule has 2 aliphatic heterocycles. The summed E-state index contributed by atoms with van der Waals surface area (Å²) in [7, 11) is 0. The lowest BCUT2D eigenvalue weighted by Gasteiger charge is -2.35. The molecule has 3 nitrogen and oxygen atoms in total. The number of ether oxygens (including phenoxy) is 1. The van der Waals surface area contributed by atoms with Crippen molar-refractivity contribution in [2.75, 3.05) is 26.2 Å². The van der Waals surface area contributed by atoms with E-state index >= 15 is 0 Å². The molecule has 1 aromatic carbocycles. The van der Waals surface area contributed by atoms with E-state index in [1.165, 1.54) is 5.56 Å². The van der Waals surface area contributed by atoms with Crippen molar-refractivity contribution in [3.05, 3.63) is 29.8 Å². The summed E-state index contributed by atoms with van der Waals surface area (Å²) in [5, 5.41) is 0. The highest BCUT2D eigenvalue weighted by atomic mass is 16.5. The Morgan fingerprint density at radius 3 is 3.06 bits per heavy atom. The van der Waals surface area contributed by atoms with Crippen LogP contribution in [0.1, 0.15) is 18.4 Å². The van der Waals surface area contributed by atoms with Crippen molar-refractivity contribution < 1.29 is 4.74 Å². The zero-order chi connectivity index (χ0) is 11.7. The van der Waals surface area contributed by atoms with E-state index in [0.29, 0.717) is 0 Å². The number of benzene rings is 1. The van der Waals surface area contributed by atoms with Gasteiger partial charge in [0.05, 0.1) is 0 Å². The van der Waals surface area contributed by atoms with Crippen molar-refractivity contribution >= 4 is 0 Å². The van der Waals surface area contributed by atoms with Crippen LogP contribution >= 0.6 is 0 Å². The van der Waals surface area contributed by atoms with E-state index in [1.54, 1.807) is 0 Å². The van der Waals surface area contributed by atoms with E-state index < -0.39 is 0 Å². The summed E-state index contributed by atoms with van der Waals surface area (Å²) in [5.41, 5.74) is 7.04. The standard InChI is InChI=1S/C14H20N2O/c15-8-10-16-9-7-14(11-16)6-5-12-3-1-2-4-13(12)17-14/h1-4H,5-11,15H2. The van der Waals surface area contributed by atoms with Gasteiger partial charge in [0.2, 0.25) is 0 Å². The third kappa shape index (κ3) is 2.05. The summed E-state index contributed by atoms with van der Waals surface area (Å²) >= 11 is 0. The zero-order valence-corrected chi connectivity index (χ0v) is 10.2. The fraction of sp³-hybridized carbons (Fsp3) is 0.571. The molecule has 0 saturated carbocycles. The Bertz CT molecular complexity index is 407. The Hall–Kier alpha value is -1.06. The molecule has 1 unspecified atom stereocenters. The topological polar surface area (TPSA) is 38.5 Å². The molecule has 92 valence electrons. The van der Waals surface area contributed by atoms with E-state index in [4.69, 9.17) is 10.5 Å². The second kappa shape index (κ2) is 4.31. The molecule has 2 N–H and O–H groups in total. The third-order valence-corrected chi connectivity index (χ3v) is 3.99. The van der Waals surface area contributed by atoms with Crippen molar-refractivity contribution in [2.24, 2.45) is 5.73 Å². The molecule has 0 aromatic heterocycles. The van der Waals surface area contributed by atoms with E-state index in [9.17, 15) is 0 Å². The summed E-state index contributed by atoms with van der Waals surface area (Å²) in [5.74, 6) is 1.09. The summed E-state index contributed by atoms with van der Waals surface area (Å²) in [4.78, 5) is 2.42. The van der Waals surface area contributed by atoms with E-state index in [1.807, 2.05) is 0 Å². The van der Waals surface area contributed by atoms with Crippen LogP contribution in [0.5, 0.6) is 5.75 Å². The van der Waals surface area contributed by atoms with Gasteiger partial charge in [0.1, 0.15) is 11.4 Å². The molecule has 1 aromatic rings. The first kappa shape index (κ1) is 11.1. The second-order valence-corrected chi connectivity index (χ2v) is 5.21. The maximum Gasteiger partial charge on any atom is 0.123 e. The minimum atomic E-state index is 0.0591. The van der Waals surface area contributed by atoms with Crippen LogP contribution in [-0.4, -0.2) is 36.7 Å². The molecule has 0 bridgehead atoms. The smallest absolute Gasteiger partial charge is 0.123 e. The van der Waals surface area contributed by atoms with Crippen molar-refractivity contribution in [1.29, 1.82) is 0 Å². The molecule has 2 aliphatic rings. The van der Waals surface area contributed by atoms with Crippen molar-refractivity contribution in [1.82, 2.24) is 4.90 Å². The maximum absolute atomic E-state index is 6.27. The van der Waals surface area contributed by atoms with Crippen LogP contribution in [0.15, 0.2) is 24.3 Å². The van der Waals surface area contributed by atoms with Crippen LogP contribution in [0.2, 0.25) is 0 Å². The van der Waals surface area contributed by atoms with Gasteiger partial charge in [0.25, 0.3) is 0 Å². The molecule has 3 heteroatoms. The van der Waals surface area contributed by atoms with Crippen LogP contribution in [0.25, 0.3) is 0 Å². The van der Waals surface area contributed by atoms with Gasteiger partial charge in [-0.25, -0.2) is 0 Å². The Morgan fingerprint density at radius 2 is 2.18 bits per heavy atom. The predicted octanol–water partition coefficient (Wildman–Crippen LogP) is 1.41. The number of nitrogens with two attached hydrogens (primary N) is 1. The average Bonchev–Trinajstić information content (AvgIpc) is 2.73. The van der Waals surface area contributed by atoms with Crippen LogP contribution in [0.3, 0.4) is 0 Å². The number of hydrogen-bond acceptors (Lipinski definition) is 3. The van der Waals surface area contributed by atoms with Crippen molar-refractivity contribution in [2.45, 2.75) is 24.9 Å². The molecule has 1 fully saturated rings. The quantitative estimate of drug-likeness (QED) is 0.838. The number of para-hydroxylation sites is 1. The molecule has 1 spiro atoms. The minimum Gasteiger partial charge on any atom is -0.486 e. The Labute approximate surface area is 103 Å². The molecule has 3 rings (SSSR count). The monoisotopic (exact) mass is 232 g/mol. The molecular weight excluding hydrogens is 212 g/mol. The fourth-order valence-electron chi connectivity index (χ4n) is 3.04. The first-order chi connectivity index (χ1) is 8.31. The highest BCUT2D eigenvalue weighted by Crippen LogP contribution is 2.38. The molecular formula is C14H20N2O. The van der Waals surface area contributed by atoms with Gasteiger partial charge in [0.15, 0.2) is 0 Å². The Balaban J connectivity index is 1.75. The second-order valence-electron chi connectivity index (χ2n) is 5.21. The van der Waals surface area contributed by atoms with E-state index in [-0.39, 0.29) is 5.60 Å². The molecule has 0 aliphatic carbocycles. The van der Waals surface area contributed by atoms with Gasteiger partial charge in [-0.2, -0.15) is 0 Å². The van der Waals surface area contributed by atoms with Crippen LogP contribution in [0, 0.1) is 0 Å². The minimum absolute atomic E-state index is 0.0591. The number of rotatable bonds is 2. The largest absolute Gasteiger partial charge is 0.486 e. The SMILES string of the molecule is NCCN1CCC2(CCc3ccccc3O2)C1. The van der Waals surface area contributed by atoms with Gasteiger partial charge in [-0.3, -0.25) is 4.90 Å². The van der Waals surface area contributed by atoms with Gasteiger partial charge >= 0.3 is 0 Å². The van der Waals surface area contributed by atoms with Crippen molar-refractivity contribution in [3.8, 4) is 5.75 Å². The molecule has 1 atom stereocenters. The van der Waals surface area contributed by atoms with Gasteiger partial charge < -0.3 is 10.5 Å². The molecule has 17 heavy (non-hydrogen) atoms. The van der Waals surface area contributed by atoms with Gasteiger partial charge in [-0.1, -0.05) is 18.2 Å². The number of hydrogen-bond donors (Lipinski definition) is 1. The normalized spacial score (nSPS) is 28.1. The number of fused-ring (bicyclic) bond motifs is 1. The first-order valence-corrected chi connectivity index (χ1v) is 6.51. The lowest BCUT2D eigenvalue weighted by Crippen LogP contribution is -2.42. The third-order valence-electron chi connectivity index (χ3n) is 3.99. The Morgan fingerprint density at radius 1 is 1.29 bits per heavy atom. The molecule has 0 amide bonds. The summed E-state index contributed by atoms with van der Waals surface area (Å²) in [6.45, 7) is 3.90. The number of aryl methyl sites for hydroxylation is 1. The van der Waals surface area contributed by atoms with Crippen molar-refractivity contribution in [3.63, 3.8) is 0 Å². The zero-order valence-electron chi connectivity index (χ0n) is 10.2. The van der Waals surface area contributed by atoms with E-state index in [0.717, 1.165) is 51.2 Å². The van der Waals surface area contributed by atoms with Gasteiger partial charge in [-0.05, 0) is 24.5 Å². The average molecular weight is 232 g/mol. The summed E-state index contributed by atoms with van der Waals surface area (Å²) < 4.78 is 6.27. The molecule has 0 radical (unpaired) electrons. The highest BCUT2D eigenvalue weighted by molar-refractivity contribution is 5.36. The number of nitrogens with zero attached hydrogens (tertiary/aromatic N) is 1. The highest BCUT2D eigenvalue weighted by Gasteiger charge is 2.42. The number of likely N-dealkylation sites (tertiary alicyclic amines) is 1. The van der Waals surface area contributed by atoms with Crippen LogP contribution in [0.4, 0.5) is 0 Å². The van der Waals surface area contributed by atoms with Crippen LogP contribution < -0.4 is 10.5 Å². The predicted molar refractivity (Wildman–Crippen MR) is 68.2 cm³/mol. The van der Waals surface area contributed by atoms with Crippen LogP contribution in [-0.2, 0) is 6.42 Å². The summed E-state index contributed by atoms with van der Waals surface area (Å²) in [6.07, 6.45) is 3.43. The Kier molecular flexibility index (Phi) is 2.81. The first-order valence-electron chi connectivity index (χ1n) is 6.51. The molecule has 2 heterocycles. The van der Waals surface area contributed by atoms with E-state index in [2.05, 4.69) is 29.2 Å².